The molecule has 0 spiro atoms. The van der Waals surface area contributed by atoms with E-state index in [2.05, 4.69) is 15.9 Å². The zero-order valence-electron chi connectivity index (χ0n) is 18.6. The predicted octanol–water partition coefficient (Wildman–Crippen LogP) is 4.72. The second-order valence-electron chi connectivity index (χ2n) is 8.05. The van der Waals surface area contributed by atoms with Gasteiger partial charge in [-0.1, -0.05) is 28.1 Å². The van der Waals surface area contributed by atoms with Crippen molar-refractivity contribution in [3.63, 3.8) is 0 Å². The van der Waals surface area contributed by atoms with Crippen molar-refractivity contribution in [3.8, 4) is 5.75 Å². The van der Waals surface area contributed by atoms with E-state index in [0.29, 0.717) is 31.9 Å². The van der Waals surface area contributed by atoms with Crippen LogP contribution in [0.3, 0.4) is 0 Å². The number of benzene rings is 2. The van der Waals surface area contributed by atoms with Gasteiger partial charge in [0.15, 0.2) is 0 Å². The number of hydrogen-bond donors (Lipinski definition) is 1. The Labute approximate surface area is 200 Å². The smallest absolute Gasteiger partial charge is 0.407 e. The molecule has 4 rings (SSSR count). The molecular weight excluding hydrogens is 490 g/mol. The van der Waals surface area contributed by atoms with Gasteiger partial charge in [0.25, 0.3) is 0 Å². The molecule has 2 heterocycles. The Kier molecular flexibility index (Phi) is 6.88. The first-order valence-electron chi connectivity index (χ1n) is 10.9. The van der Waals surface area contributed by atoms with E-state index in [1.165, 1.54) is 4.90 Å². The van der Waals surface area contributed by atoms with Crippen molar-refractivity contribution >= 4 is 38.9 Å². The first kappa shape index (κ1) is 23.1. The lowest BCUT2D eigenvalue weighted by Gasteiger charge is -2.14. The van der Waals surface area contributed by atoms with Crippen molar-refractivity contribution in [2.24, 2.45) is 0 Å². The molecule has 1 unspecified atom stereocenters. The minimum Gasteiger partial charge on any atom is -0.487 e. The van der Waals surface area contributed by atoms with Gasteiger partial charge in [-0.25, -0.2) is 4.79 Å². The van der Waals surface area contributed by atoms with Gasteiger partial charge in [0.05, 0.1) is 24.6 Å². The molecule has 0 aliphatic carbocycles. The van der Waals surface area contributed by atoms with Gasteiger partial charge in [0.2, 0.25) is 0 Å². The highest BCUT2D eigenvalue weighted by atomic mass is 79.9. The number of amides is 1. The molecule has 174 valence electrons. The number of carbonyl (C=O) groups is 2. The first-order chi connectivity index (χ1) is 15.9. The van der Waals surface area contributed by atoms with Crippen LogP contribution in [0, 0.1) is 6.92 Å². The Morgan fingerprint density at radius 2 is 2.09 bits per heavy atom. The summed E-state index contributed by atoms with van der Waals surface area (Å²) in [6.07, 6.45) is -0.0566. The summed E-state index contributed by atoms with van der Waals surface area (Å²) in [4.78, 5) is 24.9. The van der Waals surface area contributed by atoms with Crippen LogP contribution in [-0.4, -0.2) is 51.5 Å². The number of carboxylic acid groups (broad SMARTS) is 1. The number of fused-ring (bicyclic) bond motifs is 1. The highest BCUT2D eigenvalue weighted by molar-refractivity contribution is 9.10. The molecule has 1 saturated heterocycles. The van der Waals surface area contributed by atoms with E-state index in [1.54, 1.807) is 6.92 Å². The number of hydrogen-bond acceptors (Lipinski definition) is 5. The molecule has 0 radical (unpaired) electrons. The fourth-order valence-corrected chi connectivity index (χ4v) is 4.58. The molecule has 0 saturated carbocycles. The SMILES string of the molecule is CCOC(=O)Cc1c(C)cccc1OCc1nn(C2CCN(C(=O)O)C2)c2ccc(Br)cc12. The van der Waals surface area contributed by atoms with E-state index in [-0.39, 0.29) is 25.0 Å². The number of carbonyl (C=O) groups excluding carboxylic acids is 1. The molecule has 2 aromatic carbocycles. The Hall–Kier alpha value is -3.07. The zero-order valence-corrected chi connectivity index (χ0v) is 20.2. The van der Waals surface area contributed by atoms with Crippen LogP contribution in [0.1, 0.15) is 36.2 Å². The number of ether oxygens (including phenoxy) is 2. The molecule has 1 N–H and O–H groups in total. The molecule has 9 heteroatoms. The van der Waals surface area contributed by atoms with E-state index < -0.39 is 6.09 Å². The standard InChI is InChI=1S/C24H26BrN3O5/c1-3-32-23(29)12-18-15(2)5-4-6-22(18)33-14-20-19-11-16(25)7-8-21(19)28(26-20)17-9-10-27(13-17)24(30)31/h4-8,11,17H,3,9-10,12-14H2,1-2H3,(H,30,31). The number of rotatable bonds is 7. The van der Waals surface area contributed by atoms with Crippen LogP contribution < -0.4 is 4.74 Å². The lowest BCUT2D eigenvalue weighted by Crippen LogP contribution is -2.27. The van der Waals surface area contributed by atoms with Crippen LogP contribution in [0.4, 0.5) is 4.79 Å². The molecule has 1 amide bonds. The normalized spacial score (nSPS) is 15.7. The molecule has 1 fully saturated rings. The van der Waals surface area contributed by atoms with Gasteiger partial charge in [0.1, 0.15) is 18.1 Å². The van der Waals surface area contributed by atoms with Crippen molar-refractivity contribution < 1.29 is 24.2 Å². The van der Waals surface area contributed by atoms with E-state index in [1.807, 2.05) is 48.0 Å². The summed E-state index contributed by atoms with van der Waals surface area (Å²) in [6.45, 7) is 5.17. The predicted molar refractivity (Wildman–Crippen MR) is 127 cm³/mol. The van der Waals surface area contributed by atoms with Gasteiger partial charge in [0, 0.05) is 28.5 Å². The minimum atomic E-state index is -0.908. The molecule has 3 aromatic rings. The molecule has 8 nitrogen and oxygen atoms in total. The van der Waals surface area contributed by atoms with Crippen LogP contribution >= 0.6 is 15.9 Å². The van der Waals surface area contributed by atoms with E-state index in [0.717, 1.165) is 32.2 Å². The third-order valence-corrected chi connectivity index (χ3v) is 6.38. The molecule has 33 heavy (non-hydrogen) atoms. The fraction of sp³-hybridized carbons (Fsp3) is 0.375. The van der Waals surface area contributed by atoms with Crippen LogP contribution in [0.5, 0.6) is 5.75 Å². The van der Waals surface area contributed by atoms with Crippen molar-refractivity contribution in [3.05, 3.63) is 57.7 Å². The van der Waals surface area contributed by atoms with Crippen LogP contribution in [0.25, 0.3) is 10.9 Å². The van der Waals surface area contributed by atoms with Crippen molar-refractivity contribution in [1.82, 2.24) is 14.7 Å². The highest BCUT2D eigenvalue weighted by Gasteiger charge is 2.29. The maximum Gasteiger partial charge on any atom is 0.407 e. The number of aromatic nitrogens is 2. The average Bonchev–Trinajstić information content (AvgIpc) is 3.39. The van der Waals surface area contributed by atoms with Gasteiger partial charge in [-0.3, -0.25) is 9.48 Å². The number of esters is 1. The summed E-state index contributed by atoms with van der Waals surface area (Å²) in [5.41, 5.74) is 3.45. The van der Waals surface area contributed by atoms with Crippen LogP contribution in [0.15, 0.2) is 40.9 Å². The van der Waals surface area contributed by atoms with Crippen molar-refractivity contribution in [1.29, 1.82) is 0 Å². The Bertz CT molecular complexity index is 1190. The average molecular weight is 516 g/mol. The van der Waals surface area contributed by atoms with Crippen LogP contribution in [0.2, 0.25) is 0 Å². The third-order valence-electron chi connectivity index (χ3n) is 5.88. The van der Waals surface area contributed by atoms with Crippen molar-refractivity contribution in [2.45, 2.75) is 39.3 Å². The van der Waals surface area contributed by atoms with Gasteiger partial charge in [-0.15, -0.1) is 0 Å². The Morgan fingerprint density at radius 3 is 2.82 bits per heavy atom. The van der Waals surface area contributed by atoms with E-state index >= 15 is 0 Å². The summed E-state index contributed by atoms with van der Waals surface area (Å²) in [5, 5.41) is 15.1. The fourth-order valence-electron chi connectivity index (χ4n) is 4.22. The summed E-state index contributed by atoms with van der Waals surface area (Å²) in [6, 6.07) is 11.6. The van der Waals surface area contributed by atoms with Gasteiger partial charge < -0.3 is 19.5 Å². The maximum absolute atomic E-state index is 12.1. The molecule has 1 aliphatic heterocycles. The number of halogens is 1. The molecule has 1 atom stereocenters. The summed E-state index contributed by atoms with van der Waals surface area (Å²) in [5.74, 6) is 0.332. The maximum atomic E-state index is 12.1. The second kappa shape index (κ2) is 9.82. The lowest BCUT2D eigenvalue weighted by atomic mass is 10.0. The van der Waals surface area contributed by atoms with E-state index in [4.69, 9.17) is 14.6 Å². The van der Waals surface area contributed by atoms with Gasteiger partial charge in [-0.05, 0) is 50.1 Å². The molecular formula is C24H26BrN3O5. The highest BCUT2D eigenvalue weighted by Crippen LogP contribution is 2.31. The monoisotopic (exact) mass is 515 g/mol. The largest absolute Gasteiger partial charge is 0.487 e. The number of aryl methyl sites for hydroxylation is 1. The van der Waals surface area contributed by atoms with Gasteiger partial charge >= 0.3 is 12.1 Å². The Morgan fingerprint density at radius 1 is 1.27 bits per heavy atom. The van der Waals surface area contributed by atoms with E-state index in [9.17, 15) is 14.7 Å². The molecule has 0 bridgehead atoms. The quantitative estimate of drug-likeness (QED) is 0.457. The van der Waals surface area contributed by atoms with Crippen molar-refractivity contribution in [2.75, 3.05) is 19.7 Å². The number of likely N-dealkylation sites (tertiary alicyclic amines) is 1. The second-order valence-corrected chi connectivity index (χ2v) is 8.96. The Balaban J connectivity index is 1.61. The third kappa shape index (κ3) is 4.98. The summed E-state index contributed by atoms with van der Waals surface area (Å²) >= 11 is 3.53. The summed E-state index contributed by atoms with van der Waals surface area (Å²) in [7, 11) is 0. The lowest BCUT2D eigenvalue weighted by molar-refractivity contribution is -0.142. The minimum absolute atomic E-state index is 0.0307. The van der Waals surface area contributed by atoms with Gasteiger partial charge in [-0.2, -0.15) is 5.10 Å². The summed E-state index contributed by atoms with van der Waals surface area (Å²) < 4.78 is 14.1. The van der Waals surface area contributed by atoms with Crippen LogP contribution in [-0.2, 0) is 22.6 Å². The number of nitrogens with zero attached hydrogens (tertiary/aromatic N) is 3. The first-order valence-corrected chi connectivity index (χ1v) is 11.7. The zero-order chi connectivity index (χ0) is 23.5. The molecule has 1 aliphatic rings. The molecule has 1 aromatic heterocycles. The topological polar surface area (TPSA) is 93.9 Å².